The van der Waals surface area contributed by atoms with Gasteiger partial charge in [-0.05, 0) is 37.8 Å². The van der Waals surface area contributed by atoms with Crippen molar-refractivity contribution in [2.45, 2.75) is 70.5 Å². The molecule has 2 aliphatic rings. The van der Waals surface area contributed by atoms with Crippen molar-refractivity contribution in [3.63, 3.8) is 0 Å². The maximum Gasteiger partial charge on any atom is 0.170 e. The molecular weight excluding hydrogens is 408 g/mol. The molecule has 0 saturated carbocycles. The number of fused-ring (bicyclic) bond motifs is 2. The standard InChI is InChI=1S/C20H30N4O3S2/c1-4-17-10-18-19(28-17)6-9-27-20(18)7-8-23(15(3)11-20)12-16-13-24(22-21-16)14-29(25,26)5-2/h10,13,15H,4-9,11-12,14H2,1-3H3/t15-,20?/m0/s1. The van der Waals surface area contributed by atoms with Gasteiger partial charge in [0.1, 0.15) is 5.88 Å². The maximum atomic E-state index is 11.8. The van der Waals surface area contributed by atoms with Gasteiger partial charge in [0.15, 0.2) is 9.84 Å². The van der Waals surface area contributed by atoms with Crippen LogP contribution in [0.1, 0.15) is 54.6 Å². The van der Waals surface area contributed by atoms with E-state index in [-0.39, 0.29) is 17.2 Å². The Morgan fingerprint density at radius 2 is 2.21 bits per heavy atom. The molecule has 2 aromatic rings. The highest BCUT2D eigenvalue weighted by Gasteiger charge is 2.44. The molecule has 1 saturated heterocycles. The molecule has 29 heavy (non-hydrogen) atoms. The minimum absolute atomic E-state index is 0.107. The van der Waals surface area contributed by atoms with Gasteiger partial charge in [0, 0.05) is 41.1 Å². The number of hydrogen-bond acceptors (Lipinski definition) is 7. The minimum Gasteiger partial charge on any atom is -0.370 e. The number of nitrogens with zero attached hydrogens (tertiary/aromatic N) is 4. The third-order valence-electron chi connectivity index (χ3n) is 6.18. The lowest BCUT2D eigenvalue weighted by molar-refractivity contribution is -0.112. The van der Waals surface area contributed by atoms with Crippen molar-refractivity contribution in [2.75, 3.05) is 18.9 Å². The molecule has 160 valence electrons. The molecule has 0 aromatic carbocycles. The van der Waals surface area contributed by atoms with Crippen LogP contribution in [-0.4, -0.2) is 53.3 Å². The van der Waals surface area contributed by atoms with E-state index < -0.39 is 9.84 Å². The van der Waals surface area contributed by atoms with Crippen LogP contribution in [0.4, 0.5) is 0 Å². The molecule has 7 nitrogen and oxygen atoms in total. The van der Waals surface area contributed by atoms with Crippen LogP contribution in [0.25, 0.3) is 0 Å². The molecule has 4 heterocycles. The molecule has 0 N–H and O–H groups in total. The van der Waals surface area contributed by atoms with Crippen molar-refractivity contribution in [3.05, 3.63) is 33.3 Å². The summed E-state index contributed by atoms with van der Waals surface area (Å²) in [4.78, 5) is 5.36. The van der Waals surface area contributed by atoms with E-state index in [0.29, 0.717) is 12.6 Å². The molecule has 1 unspecified atom stereocenters. The van der Waals surface area contributed by atoms with Crippen LogP contribution in [-0.2, 0) is 45.4 Å². The molecule has 1 fully saturated rings. The smallest absolute Gasteiger partial charge is 0.170 e. The first-order valence-electron chi connectivity index (χ1n) is 10.4. The normalized spacial score (nSPS) is 25.4. The van der Waals surface area contributed by atoms with Crippen LogP contribution in [0.2, 0.25) is 0 Å². The van der Waals surface area contributed by atoms with Gasteiger partial charge in [-0.2, -0.15) is 0 Å². The second kappa shape index (κ2) is 8.09. The summed E-state index contributed by atoms with van der Waals surface area (Å²) >= 11 is 1.95. The number of hydrogen-bond donors (Lipinski definition) is 0. The van der Waals surface area contributed by atoms with E-state index >= 15 is 0 Å². The fourth-order valence-electron chi connectivity index (χ4n) is 4.49. The summed E-state index contributed by atoms with van der Waals surface area (Å²) in [5.74, 6) is 0.00144. The highest BCUT2D eigenvalue weighted by atomic mass is 32.2. The second-order valence-corrected chi connectivity index (χ2v) is 11.7. The zero-order valence-corrected chi connectivity index (χ0v) is 19.1. The number of likely N-dealkylation sites (tertiary alicyclic amines) is 1. The molecule has 0 bridgehead atoms. The van der Waals surface area contributed by atoms with Gasteiger partial charge < -0.3 is 4.74 Å². The third-order valence-corrected chi connectivity index (χ3v) is 9.05. The van der Waals surface area contributed by atoms with Gasteiger partial charge >= 0.3 is 0 Å². The number of aryl methyl sites for hydroxylation is 1. The summed E-state index contributed by atoms with van der Waals surface area (Å²) in [6.45, 7) is 8.53. The first-order valence-corrected chi connectivity index (χ1v) is 13.1. The van der Waals surface area contributed by atoms with Crippen LogP contribution < -0.4 is 0 Å². The summed E-state index contributed by atoms with van der Waals surface area (Å²) < 4.78 is 31.4. The summed E-state index contributed by atoms with van der Waals surface area (Å²) in [5.41, 5.74) is 2.08. The highest BCUT2D eigenvalue weighted by Crippen LogP contribution is 2.46. The summed E-state index contributed by atoms with van der Waals surface area (Å²) in [5, 5.41) is 8.20. The van der Waals surface area contributed by atoms with Gasteiger partial charge in [0.05, 0.1) is 24.1 Å². The predicted octanol–water partition coefficient (Wildman–Crippen LogP) is 2.75. The van der Waals surface area contributed by atoms with Gasteiger partial charge in [0.2, 0.25) is 0 Å². The molecule has 2 atom stereocenters. The first-order chi connectivity index (χ1) is 13.8. The Hall–Kier alpha value is -1.29. The van der Waals surface area contributed by atoms with Gasteiger partial charge in [0.25, 0.3) is 0 Å². The van der Waals surface area contributed by atoms with E-state index in [1.165, 1.54) is 20.0 Å². The van der Waals surface area contributed by atoms with Crippen molar-refractivity contribution >= 4 is 21.2 Å². The van der Waals surface area contributed by atoms with Crippen molar-refractivity contribution in [2.24, 2.45) is 0 Å². The van der Waals surface area contributed by atoms with Crippen LogP contribution in [0.5, 0.6) is 0 Å². The molecule has 0 amide bonds. The monoisotopic (exact) mass is 438 g/mol. The minimum atomic E-state index is -3.12. The predicted molar refractivity (Wildman–Crippen MR) is 114 cm³/mol. The van der Waals surface area contributed by atoms with Crippen molar-refractivity contribution in [3.8, 4) is 0 Å². The Kier molecular flexibility index (Phi) is 5.85. The Morgan fingerprint density at radius 3 is 2.93 bits per heavy atom. The molecule has 0 radical (unpaired) electrons. The van der Waals surface area contributed by atoms with Crippen LogP contribution in [0, 0.1) is 0 Å². The van der Waals surface area contributed by atoms with Crippen molar-refractivity contribution in [1.29, 1.82) is 0 Å². The topological polar surface area (TPSA) is 77.3 Å². The zero-order chi connectivity index (χ0) is 20.6. The number of rotatable bonds is 6. The van der Waals surface area contributed by atoms with Gasteiger partial charge in [-0.15, -0.1) is 16.4 Å². The lowest BCUT2D eigenvalue weighted by Gasteiger charge is -2.47. The Balaban J connectivity index is 1.44. The van der Waals surface area contributed by atoms with E-state index in [1.54, 1.807) is 13.1 Å². The third kappa shape index (κ3) is 4.28. The number of thiophene rings is 1. The van der Waals surface area contributed by atoms with Crippen LogP contribution >= 0.6 is 11.3 Å². The van der Waals surface area contributed by atoms with Crippen molar-refractivity contribution < 1.29 is 13.2 Å². The molecule has 1 spiro atoms. The number of ether oxygens (including phenoxy) is 1. The summed E-state index contributed by atoms with van der Waals surface area (Å²) in [6.07, 6.45) is 5.81. The maximum absolute atomic E-state index is 11.8. The fourth-order valence-corrected chi connectivity index (χ4v) is 6.37. The Labute approximate surface area is 177 Å². The van der Waals surface area contributed by atoms with Gasteiger partial charge in [-0.1, -0.05) is 19.1 Å². The molecular formula is C20H30N4O3S2. The Morgan fingerprint density at radius 1 is 1.38 bits per heavy atom. The van der Waals surface area contributed by atoms with E-state index in [1.807, 2.05) is 11.3 Å². The zero-order valence-electron chi connectivity index (χ0n) is 17.4. The highest BCUT2D eigenvalue weighted by molar-refractivity contribution is 7.90. The summed E-state index contributed by atoms with van der Waals surface area (Å²) in [7, 11) is -3.12. The lowest BCUT2D eigenvalue weighted by atomic mass is 9.79. The fraction of sp³-hybridized carbons (Fsp3) is 0.700. The lowest BCUT2D eigenvalue weighted by Crippen LogP contribution is -2.50. The number of sulfone groups is 1. The molecule has 2 aromatic heterocycles. The Bertz CT molecular complexity index is 968. The largest absolute Gasteiger partial charge is 0.370 e. The number of piperidine rings is 1. The van der Waals surface area contributed by atoms with E-state index in [2.05, 4.69) is 35.1 Å². The molecule has 4 rings (SSSR count). The van der Waals surface area contributed by atoms with E-state index in [4.69, 9.17) is 4.74 Å². The second-order valence-electron chi connectivity index (χ2n) is 8.18. The average Bonchev–Trinajstić information content (AvgIpc) is 3.31. The van der Waals surface area contributed by atoms with Crippen molar-refractivity contribution in [1.82, 2.24) is 19.9 Å². The molecule has 0 aliphatic carbocycles. The van der Waals surface area contributed by atoms with Gasteiger partial charge in [-0.3, -0.25) is 4.90 Å². The molecule has 9 heteroatoms. The van der Waals surface area contributed by atoms with Crippen LogP contribution in [0.3, 0.4) is 0 Å². The SMILES string of the molecule is CCc1cc2c(s1)CCOC21CCN(Cc2cn(CS(=O)(=O)CC)nn2)[C@@H](C)C1. The van der Waals surface area contributed by atoms with Gasteiger partial charge in [-0.25, -0.2) is 13.1 Å². The quantitative estimate of drug-likeness (QED) is 0.690. The number of aromatic nitrogens is 3. The van der Waals surface area contributed by atoms with E-state index in [9.17, 15) is 8.42 Å². The first kappa shape index (κ1) is 21.0. The molecule has 2 aliphatic heterocycles. The van der Waals surface area contributed by atoms with E-state index in [0.717, 1.165) is 44.5 Å². The summed E-state index contributed by atoms with van der Waals surface area (Å²) in [6, 6.07) is 2.73. The average molecular weight is 439 g/mol. The van der Waals surface area contributed by atoms with Crippen LogP contribution in [0.15, 0.2) is 12.3 Å².